The summed E-state index contributed by atoms with van der Waals surface area (Å²) in [5.74, 6) is 0.874. The molecule has 1 atom stereocenters. The van der Waals surface area contributed by atoms with Gasteiger partial charge in [-0.3, -0.25) is 9.59 Å². The minimum atomic E-state index is -0.658. The van der Waals surface area contributed by atoms with Gasteiger partial charge in [0.2, 0.25) is 5.91 Å². The first-order valence-electron chi connectivity index (χ1n) is 11.0. The van der Waals surface area contributed by atoms with Gasteiger partial charge in [-0.2, -0.15) is 0 Å². The molecule has 1 N–H and O–H groups in total. The lowest BCUT2D eigenvalue weighted by Crippen LogP contribution is -2.49. The van der Waals surface area contributed by atoms with Gasteiger partial charge in [-0.15, -0.1) is 0 Å². The molecular weight excluding hydrogens is 416 g/mol. The molecule has 2 amide bonds. The summed E-state index contributed by atoms with van der Waals surface area (Å²) in [6.45, 7) is 2.37. The van der Waals surface area contributed by atoms with Crippen molar-refractivity contribution >= 4 is 11.8 Å². The second-order valence-electron chi connectivity index (χ2n) is 7.67. The summed E-state index contributed by atoms with van der Waals surface area (Å²) in [6.07, 6.45) is 0.725. The van der Waals surface area contributed by atoms with E-state index in [0.717, 1.165) is 23.3 Å². The molecule has 0 fully saturated rings. The first-order chi connectivity index (χ1) is 16.1. The average molecular weight is 447 g/mol. The summed E-state index contributed by atoms with van der Waals surface area (Å²) in [4.78, 5) is 27.5. The van der Waals surface area contributed by atoms with Crippen molar-refractivity contribution < 1.29 is 19.1 Å². The Morgan fingerprint density at radius 1 is 0.848 bits per heavy atom. The summed E-state index contributed by atoms with van der Waals surface area (Å²) in [6, 6.07) is 25.9. The molecule has 0 aliphatic carbocycles. The number of nitrogens with one attached hydrogen (secondary N) is 1. The molecule has 172 valence electrons. The van der Waals surface area contributed by atoms with Gasteiger partial charge < -0.3 is 19.7 Å². The van der Waals surface area contributed by atoms with E-state index < -0.39 is 6.04 Å². The van der Waals surface area contributed by atoms with Gasteiger partial charge in [-0.1, -0.05) is 60.7 Å². The Morgan fingerprint density at radius 3 is 2.12 bits per heavy atom. The van der Waals surface area contributed by atoms with Gasteiger partial charge in [0.1, 0.15) is 17.5 Å². The Kier molecular flexibility index (Phi) is 8.88. The van der Waals surface area contributed by atoms with E-state index in [9.17, 15) is 9.59 Å². The fourth-order valence-electron chi connectivity index (χ4n) is 3.38. The number of para-hydroxylation sites is 1. The molecule has 33 heavy (non-hydrogen) atoms. The Balaban J connectivity index is 1.65. The molecule has 0 aliphatic heterocycles. The van der Waals surface area contributed by atoms with Crippen LogP contribution in [0.1, 0.15) is 18.1 Å². The van der Waals surface area contributed by atoms with E-state index in [4.69, 9.17) is 9.47 Å². The van der Waals surface area contributed by atoms with Crippen LogP contribution in [0.2, 0.25) is 0 Å². The van der Waals surface area contributed by atoms with Gasteiger partial charge in [-0.25, -0.2) is 0 Å². The van der Waals surface area contributed by atoms with E-state index >= 15 is 0 Å². The van der Waals surface area contributed by atoms with E-state index in [1.165, 1.54) is 0 Å². The van der Waals surface area contributed by atoms with Crippen molar-refractivity contribution in [2.24, 2.45) is 0 Å². The van der Waals surface area contributed by atoms with Crippen molar-refractivity contribution in [2.75, 3.05) is 20.3 Å². The third-order valence-electron chi connectivity index (χ3n) is 5.34. The molecule has 3 aromatic rings. The standard InChI is InChI=1S/C27H30N2O4/c1-21(27(31)28-18-17-22-9-5-3-6-10-22)29(19-23-13-15-24(32-2)16-14-23)26(30)20-33-25-11-7-4-8-12-25/h3-16,21H,17-20H2,1-2H3,(H,28,31)/t21-/m1/s1. The molecule has 0 saturated carbocycles. The van der Waals surface area contributed by atoms with E-state index in [1.807, 2.05) is 72.8 Å². The molecular formula is C27H30N2O4. The molecule has 0 aromatic heterocycles. The van der Waals surface area contributed by atoms with Crippen molar-refractivity contribution in [2.45, 2.75) is 25.9 Å². The predicted octanol–water partition coefficient (Wildman–Crippen LogP) is 3.85. The summed E-state index contributed by atoms with van der Waals surface area (Å²) in [5.41, 5.74) is 2.04. The monoisotopic (exact) mass is 446 g/mol. The lowest BCUT2D eigenvalue weighted by Gasteiger charge is -2.29. The highest BCUT2D eigenvalue weighted by Crippen LogP contribution is 2.16. The summed E-state index contributed by atoms with van der Waals surface area (Å²) >= 11 is 0. The van der Waals surface area contributed by atoms with Crippen LogP contribution in [0.3, 0.4) is 0 Å². The molecule has 0 heterocycles. The number of carbonyl (C=O) groups is 2. The number of carbonyl (C=O) groups excluding carboxylic acids is 2. The molecule has 0 unspecified atom stereocenters. The van der Waals surface area contributed by atoms with Crippen molar-refractivity contribution in [3.63, 3.8) is 0 Å². The third kappa shape index (κ3) is 7.38. The Labute approximate surface area is 195 Å². The summed E-state index contributed by atoms with van der Waals surface area (Å²) < 4.78 is 10.9. The number of hydrogen-bond donors (Lipinski definition) is 1. The van der Waals surface area contributed by atoms with Crippen LogP contribution in [0.5, 0.6) is 11.5 Å². The van der Waals surface area contributed by atoms with Gasteiger partial charge in [0.15, 0.2) is 6.61 Å². The van der Waals surface area contributed by atoms with E-state index in [1.54, 1.807) is 31.1 Å². The fourth-order valence-corrected chi connectivity index (χ4v) is 3.38. The zero-order valence-electron chi connectivity index (χ0n) is 19.1. The van der Waals surface area contributed by atoms with E-state index in [0.29, 0.717) is 12.3 Å². The molecule has 6 nitrogen and oxygen atoms in total. The highest BCUT2D eigenvalue weighted by molar-refractivity contribution is 5.88. The number of rotatable bonds is 11. The minimum Gasteiger partial charge on any atom is -0.497 e. The number of methoxy groups -OCH3 is 1. The maximum Gasteiger partial charge on any atom is 0.261 e. The lowest BCUT2D eigenvalue weighted by molar-refractivity contribution is -0.142. The Bertz CT molecular complexity index is 1010. The molecule has 0 saturated heterocycles. The van der Waals surface area contributed by atoms with Gasteiger partial charge >= 0.3 is 0 Å². The van der Waals surface area contributed by atoms with E-state index in [-0.39, 0.29) is 25.0 Å². The zero-order chi connectivity index (χ0) is 23.5. The number of amides is 2. The average Bonchev–Trinajstić information content (AvgIpc) is 2.87. The predicted molar refractivity (Wildman–Crippen MR) is 128 cm³/mol. The first kappa shape index (κ1) is 23.9. The molecule has 6 heteroatoms. The first-order valence-corrected chi connectivity index (χ1v) is 11.0. The maximum atomic E-state index is 13.1. The summed E-state index contributed by atoms with van der Waals surface area (Å²) in [5, 5.41) is 2.95. The van der Waals surface area contributed by atoms with Crippen LogP contribution in [0.4, 0.5) is 0 Å². The van der Waals surface area contributed by atoms with Gasteiger partial charge in [-0.05, 0) is 48.7 Å². The summed E-state index contributed by atoms with van der Waals surface area (Å²) in [7, 11) is 1.60. The number of hydrogen-bond acceptors (Lipinski definition) is 4. The van der Waals surface area contributed by atoms with Crippen molar-refractivity contribution in [1.82, 2.24) is 10.2 Å². The molecule has 0 radical (unpaired) electrons. The second-order valence-corrected chi connectivity index (χ2v) is 7.67. The lowest BCUT2D eigenvalue weighted by atomic mass is 10.1. The van der Waals surface area contributed by atoms with Crippen molar-refractivity contribution in [3.8, 4) is 11.5 Å². The molecule has 3 aromatic carbocycles. The maximum absolute atomic E-state index is 13.1. The number of ether oxygens (including phenoxy) is 2. The Morgan fingerprint density at radius 2 is 1.48 bits per heavy atom. The van der Waals surface area contributed by atoms with Gasteiger partial charge in [0.25, 0.3) is 5.91 Å². The van der Waals surface area contributed by atoms with Crippen molar-refractivity contribution in [1.29, 1.82) is 0 Å². The van der Waals surface area contributed by atoms with Crippen LogP contribution in [-0.4, -0.2) is 43.0 Å². The Hall–Kier alpha value is -3.80. The third-order valence-corrected chi connectivity index (χ3v) is 5.34. The van der Waals surface area contributed by atoms with Crippen LogP contribution in [0.15, 0.2) is 84.9 Å². The fraction of sp³-hybridized carbons (Fsp3) is 0.259. The second kappa shape index (κ2) is 12.3. The van der Waals surface area contributed by atoms with E-state index in [2.05, 4.69) is 5.32 Å². The van der Waals surface area contributed by atoms with Gasteiger partial charge in [0.05, 0.1) is 7.11 Å². The minimum absolute atomic E-state index is 0.151. The highest BCUT2D eigenvalue weighted by Gasteiger charge is 2.26. The highest BCUT2D eigenvalue weighted by atomic mass is 16.5. The van der Waals surface area contributed by atoms with Crippen LogP contribution in [-0.2, 0) is 22.6 Å². The van der Waals surface area contributed by atoms with Crippen LogP contribution in [0, 0.1) is 0 Å². The molecule has 0 spiro atoms. The molecule has 0 bridgehead atoms. The van der Waals surface area contributed by atoms with Crippen molar-refractivity contribution in [3.05, 3.63) is 96.1 Å². The van der Waals surface area contributed by atoms with Gasteiger partial charge in [0, 0.05) is 13.1 Å². The van der Waals surface area contributed by atoms with Crippen LogP contribution in [0.25, 0.3) is 0 Å². The molecule has 3 rings (SSSR count). The SMILES string of the molecule is COc1ccc(CN(C(=O)COc2ccccc2)[C@H](C)C(=O)NCCc2ccccc2)cc1. The molecule has 0 aliphatic rings. The normalized spacial score (nSPS) is 11.3. The van der Waals surface area contributed by atoms with Crippen LogP contribution < -0.4 is 14.8 Å². The largest absolute Gasteiger partial charge is 0.497 e. The quantitative estimate of drug-likeness (QED) is 0.486. The number of nitrogens with zero attached hydrogens (tertiary/aromatic N) is 1. The van der Waals surface area contributed by atoms with Crippen LogP contribution >= 0.6 is 0 Å². The topological polar surface area (TPSA) is 67.9 Å². The number of benzene rings is 3. The zero-order valence-corrected chi connectivity index (χ0v) is 19.1. The smallest absolute Gasteiger partial charge is 0.261 e.